The van der Waals surface area contributed by atoms with Crippen molar-refractivity contribution in [2.45, 2.75) is 0 Å². The number of hydrogen-bond donors (Lipinski definition) is 1. The zero-order valence-electron chi connectivity index (χ0n) is 9.15. The average molecular weight is 243 g/mol. The second-order valence-electron chi connectivity index (χ2n) is 3.39. The Kier molecular flexibility index (Phi) is 2.53. The summed E-state index contributed by atoms with van der Waals surface area (Å²) in [5.74, 6) is 0. The first-order valence-electron chi connectivity index (χ1n) is 4.53. The molecule has 0 aromatic carbocycles. The lowest BCUT2D eigenvalue weighted by atomic mass is 10.4. The van der Waals surface area contributed by atoms with Crippen molar-refractivity contribution in [2.24, 2.45) is 14.1 Å². The molecule has 1 atom stereocenters. The van der Waals surface area contributed by atoms with Gasteiger partial charge in [0.05, 0.1) is 6.20 Å². The van der Waals surface area contributed by atoms with Crippen LogP contribution in [0.15, 0.2) is 12.4 Å². The SMILES string of the molecule is COP(=O)(O)c1c[n+](C)nc2cnn(C)c12. The highest BCUT2D eigenvalue weighted by Gasteiger charge is 2.30. The Labute approximate surface area is 91.8 Å². The van der Waals surface area contributed by atoms with E-state index in [0.717, 1.165) is 0 Å². The van der Waals surface area contributed by atoms with Crippen LogP contribution in [0.4, 0.5) is 0 Å². The largest absolute Gasteiger partial charge is 0.366 e. The summed E-state index contributed by atoms with van der Waals surface area (Å²) in [7, 11) is 0.740. The van der Waals surface area contributed by atoms with Crippen LogP contribution in [0.25, 0.3) is 11.0 Å². The molecule has 2 aromatic heterocycles. The summed E-state index contributed by atoms with van der Waals surface area (Å²) in [4.78, 5) is 9.71. The van der Waals surface area contributed by atoms with E-state index in [4.69, 9.17) is 0 Å². The third-order valence-electron chi connectivity index (χ3n) is 2.29. The molecule has 0 amide bonds. The number of hydrogen-bond acceptors (Lipinski definition) is 4. The van der Waals surface area contributed by atoms with E-state index in [1.807, 2.05) is 0 Å². The van der Waals surface area contributed by atoms with Crippen LogP contribution in [0.2, 0.25) is 0 Å². The molecular weight excluding hydrogens is 231 g/mol. The van der Waals surface area contributed by atoms with Crippen LogP contribution in [0, 0.1) is 0 Å². The van der Waals surface area contributed by atoms with Crippen molar-refractivity contribution in [1.82, 2.24) is 14.9 Å². The number of rotatable bonds is 2. The predicted molar refractivity (Wildman–Crippen MR) is 56.2 cm³/mol. The standard InChI is InChI=1S/C8H11N4O3P/c1-11-5-7(16(13,14)15-3)8-6(10-11)4-9-12(8)2/h4-5H,1-3H3/p+1. The third-order valence-corrected chi connectivity index (χ3v) is 3.72. The molecule has 0 spiro atoms. The van der Waals surface area contributed by atoms with Gasteiger partial charge in [0.15, 0.2) is 17.9 Å². The molecule has 0 radical (unpaired) electrons. The van der Waals surface area contributed by atoms with E-state index >= 15 is 0 Å². The highest BCUT2D eigenvalue weighted by atomic mass is 31.2. The molecule has 2 rings (SSSR count). The monoisotopic (exact) mass is 243 g/mol. The smallest absolute Gasteiger partial charge is 0.321 e. The minimum atomic E-state index is -3.81. The van der Waals surface area contributed by atoms with Crippen molar-refractivity contribution in [3.8, 4) is 0 Å². The van der Waals surface area contributed by atoms with E-state index in [9.17, 15) is 9.46 Å². The van der Waals surface area contributed by atoms with Gasteiger partial charge in [-0.1, -0.05) is 4.68 Å². The van der Waals surface area contributed by atoms with Gasteiger partial charge in [-0.3, -0.25) is 9.25 Å². The third kappa shape index (κ3) is 1.63. The van der Waals surface area contributed by atoms with Crippen LogP contribution in [-0.4, -0.2) is 26.9 Å². The molecule has 2 aromatic rings. The van der Waals surface area contributed by atoms with Crippen LogP contribution >= 0.6 is 7.60 Å². The van der Waals surface area contributed by atoms with Crippen LogP contribution in [-0.2, 0) is 23.2 Å². The van der Waals surface area contributed by atoms with Gasteiger partial charge < -0.3 is 9.42 Å². The molecule has 0 saturated carbocycles. The summed E-state index contributed by atoms with van der Waals surface area (Å²) in [6.07, 6.45) is 3.00. The fourth-order valence-corrected chi connectivity index (χ4v) is 2.57. The Balaban J connectivity index is 2.86. The molecule has 0 aliphatic heterocycles. The van der Waals surface area contributed by atoms with Crippen molar-refractivity contribution >= 4 is 23.9 Å². The number of nitrogens with zero attached hydrogens (tertiary/aromatic N) is 4. The molecule has 0 fully saturated rings. The molecule has 0 aliphatic rings. The van der Waals surface area contributed by atoms with Gasteiger partial charge in [-0.05, 0) is 0 Å². The van der Waals surface area contributed by atoms with E-state index in [1.54, 1.807) is 14.1 Å². The molecule has 1 N–H and O–H groups in total. The predicted octanol–water partition coefficient (Wildman–Crippen LogP) is -0.750. The molecular formula is C8H12N4O3P+. The first-order valence-corrected chi connectivity index (χ1v) is 6.11. The Morgan fingerprint density at radius 1 is 1.62 bits per heavy atom. The van der Waals surface area contributed by atoms with Crippen molar-refractivity contribution in [1.29, 1.82) is 0 Å². The van der Waals surface area contributed by atoms with Crippen molar-refractivity contribution in [2.75, 3.05) is 7.11 Å². The molecule has 1 unspecified atom stereocenters. The van der Waals surface area contributed by atoms with E-state index < -0.39 is 7.60 Å². The molecule has 2 heterocycles. The second-order valence-corrected chi connectivity index (χ2v) is 5.28. The van der Waals surface area contributed by atoms with Gasteiger partial charge in [-0.25, -0.2) is 0 Å². The first-order chi connectivity index (χ1) is 7.45. The zero-order valence-corrected chi connectivity index (χ0v) is 10.0. The zero-order chi connectivity index (χ0) is 11.9. The molecule has 0 aliphatic carbocycles. The van der Waals surface area contributed by atoms with E-state index in [2.05, 4.69) is 14.7 Å². The Morgan fingerprint density at radius 3 is 2.94 bits per heavy atom. The normalized spacial score (nSPS) is 15.2. The highest BCUT2D eigenvalue weighted by molar-refractivity contribution is 7.61. The summed E-state index contributed by atoms with van der Waals surface area (Å²) < 4.78 is 19.5. The Morgan fingerprint density at radius 2 is 2.31 bits per heavy atom. The van der Waals surface area contributed by atoms with Crippen LogP contribution < -0.4 is 9.99 Å². The molecule has 0 saturated heterocycles. The maximum atomic E-state index is 11.9. The Bertz CT molecular complexity index is 594. The minimum absolute atomic E-state index is 0.197. The van der Waals surface area contributed by atoms with Crippen molar-refractivity contribution in [3.05, 3.63) is 12.4 Å². The van der Waals surface area contributed by atoms with Crippen LogP contribution in [0.1, 0.15) is 0 Å². The van der Waals surface area contributed by atoms with Gasteiger partial charge in [-0.2, -0.15) is 5.10 Å². The van der Waals surface area contributed by atoms with Gasteiger partial charge in [0, 0.05) is 19.3 Å². The Hall–Kier alpha value is -1.30. The number of fused-ring (bicyclic) bond motifs is 1. The summed E-state index contributed by atoms with van der Waals surface area (Å²) in [5, 5.41) is 8.35. The summed E-state index contributed by atoms with van der Waals surface area (Å²) in [6.45, 7) is 0. The van der Waals surface area contributed by atoms with E-state index in [0.29, 0.717) is 11.0 Å². The van der Waals surface area contributed by atoms with E-state index in [1.165, 1.54) is 28.9 Å². The summed E-state index contributed by atoms with van der Waals surface area (Å²) >= 11 is 0. The second kappa shape index (κ2) is 3.62. The lowest BCUT2D eigenvalue weighted by molar-refractivity contribution is -0.727. The quantitative estimate of drug-likeness (QED) is 0.554. The lowest BCUT2D eigenvalue weighted by Gasteiger charge is -2.08. The highest BCUT2D eigenvalue weighted by Crippen LogP contribution is 2.40. The van der Waals surface area contributed by atoms with Gasteiger partial charge in [-0.15, -0.1) is 0 Å². The molecule has 8 heteroatoms. The average Bonchev–Trinajstić information content (AvgIpc) is 2.59. The van der Waals surface area contributed by atoms with Gasteiger partial charge in [0.25, 0.3) is 0 Å². The first kappa shape index (κ1) is 11.2. The maximum absolute atomic E-state index is 11.9. The molecule has 7 nitrogen and oxygen atoms in total. The maximum Gasteiger partial charge on any atom is 0.366 e. The topological polar surface area (TPSA) is 81.1 Å². The van der Waals surface area contributed by atoms with Gasteiger partial charge in [0.1, 0.15) is 5.52 Å². The number of aryl methyl sites for hydroxylation is 2. The fourth-order valence-electron chi connectivity index (χ4n) is 1.54. The van der Waals surface area contributed by atoms with E-state index in [-0.39, 0.29) is 5.30 Å². The summed E-state index contributed by atoms with van der Waals surface area (Å²) in [5.41, 5.74) is 1.06. The van der Waals surface area contributed by atoms with Gasteiger partial charge >= 0.3 is 7.60 Å². The lowest BCUT2D eigenvalue weighted by Crippen LogP contribution is -2.36. The van der Waals surface area contributed by atoms with Crippen LogP contribution in [0.3, 0.4) is 0 Å². The van der Waals surface area contributed by atoms with Gasteiger partial charge in [0.2, 0.25) is 6.20 Å². The van der Waals surface area contributed by atoms with Crippen molar-refractivity contribution in [3.63, 3.8) is 0 Å². The summed E-state index contributed by atoms with van der Waals surface area (Å²) in [6, 6.07) is 0. The molecule has 86 valence electrons. The molecule has 0 bridgehead atoms. The fraction of sp³-hybridized carbons (Fsp3) is 0.375. The van der Waals surface area contributed by atoms with Crippen LogP contribution in [0.5, 0.6) is 0 Å². The minimum Gasteiger partial charge on any atom is -0.321 e. The molecule has 16 heavy (non-hydrogen) atoms. The van der Waals surface area contributed by atoms with Crippen molar-refractivity contribution < 1.29 is 18.7 Å². The number of aromatic nitrogens is 4.